The number of carbonyl (C=O) groups is 1. The third kappa shape index (κ3) is 3.48. The lowest BCUT2D eigenvalue weighted by Crippen LogP contribution is -2.39. The van der Waals surface area contributed by atoms with Crippen molar-refractivity contribution in [3.05, 3.63) is 34.3 Å². The predicted octanol–water partition coefficient (Wildman–Crippen LogP) is 2.17. The van der Waals surface area contributed by atoms with Crippen LogP contribution in [-0.2, 0) is 21.1 Å². The molecule has 1 amide bonds. The molecule has 2 aromatic heterocycles. The Hall–Kier alpha value is -1.67. The molecule has 3 rings (SSSR count). The molecule has 0 aliphatic carbocycles. The molecular formula is C15H19N3O3S2. The summed E-state index contributed by atoms with van der Waals surface area (Å²) >= 11 is 1.56. The molecule has 0 radical (unpaired) electrons. The number of nitrogens with zero attached hydrogens (tertiary/aromatic N) is 2. The first-order valence-electron chi connectivity index (χ1n) is 7.52. The zero-order valence-electron chi connectivity index (χ0n) is 12.9. The maximum absolute atomic E-state index is 12.7. The van der Waals surface area contributed by atoms with Gasteiger partial charge < -0.3 is 4.90 Å². The van der Waals surface area contributed by atoms with E-state index in [9.17, 15) is 13.2 Å². The molecule has 1 saturated heterocycles. The second-order valence-electron chi connectivity index (χ2n) is 5.77. The van der Waals surface area contributed by atoms with Crippen molar-refractivity contribution in [2.45, 2.75) is 36.6 Å². The van der Waals surface area contributed by atoms with E-state index >= 15 is 0 Å². The molecular weight excluding hydrogens is 334 g/mol. The normalized spacial score (nSPS) is 19.0. The summed E-state index contributed by atoms with van der Waals surface area (Å²) in [5.41, 5.74) is 0.534. The van der Waals surface area contributed by atoms with E-state index in [4.69, 9.17) is 0 Å². The number of aromatic nitrogens is 2. The average Bonchev–Trinajstić information content (AvgIpc) is 3.17. The van der Waals surface area contributed by atoms with Gasteiger partial charge in [-0.2, -0.15) is 5.10 Å². The van der Waals surface area contributed by atoms with Crippen LogP contribution in [0.25, 0.3) is 0 Å². The van der Waals surface area contributed by atoms with Crippen LogP contribution in [0.5, 0.6) is 0 Å². The second kappa shape index (κ2) is 6.45. The molecule has 0 bridgehead atoms. The lowest BCUT2D eigenvalue weighted by atomic mass is 9.99. The van der Waals surface area contributed by atoms with Crippen molar-refractivity contribution < 1.29 is 13.2 Å². The van der Waals surface area contributed by atoms with Gasteiger partial charge >= 0.3 is 0 Å². The summed E-state index contributed by atoms with van der Waals surface area (Å²) in [4.78, 5) is 15.7. The minimum absolute atomic E-state index is 0.0335. The van der Waals surface area contributed by atoms with Crippen LogP contribution in [-0.4, -0.2) is 42.2 Å². The molecule has 1 N–H and O–H groups in total. The van der Waals surface area contributed by atoms with E-state index in [-0.39, 0.29) is 16.8 Å². The highest BCUT2D eigenvalue weighted by Gasteiger charge is 2.32. The topological polar surface area (TPSA) is 83.1 Å². The van der Waals surface area contributed by atoms with Crippen molar-refractivity contribution in [2.75, 3.05) is 12.8 Å². The van der Waals surface area contributed by atoms with E-state index < -0.39 is 9.84 Å². The molecule has 6 nitrogen and oxygen atoms in total. The lowest BCUT2D eigenvalue weighted by molar-refractivity contribution is -0.134. The number of hydrogen-bond acceptors (Lipinski definition) is 5. The van der Waals surface area contributed by atoms with Gasteiger partial charge in [-0.3, -0.25) is 9.89 Å². The van der Waals surface area contributed by atoms with Gasteiger partial charge in [0.2, 0.25) is 5.91 Å². The fourth-order valence-corrected chi connectivity index (χ4v) is 4.53. The van der Waals surface area contributed by atoms with Gasteiger partial charge in [-0.25, -0.2) is 8.42 Å². The van der Waals surface area contributed by atoms with Crippen molar-refractivity contribution >= 4 is 27.1 Å². The summed E-state index contributed by atoms with van der Waals surface area (Å²) < 4.78 is 23.9. The number of H-pyrrole nitrogens is 1. The van der Waals surface area contributed by atoms with Gasteiger partial charge in [-0.15, -0.1) is 11.3 Å². The Kier molecular flexibility index (Phi) is 4.54. The Bertz CT molecular complexity index is 781. The molecule has 2 aromatic rings. The summed E-state index contributed by atoms with van der Waals surface area (Å²) in [5, 5.41) is 8.65. The van der Waals surface area contributed by atoms with Crippen molar-refractivity contribution in [2.24, 2.45) is 0 Å². The molecule has 0 unspecified atom stereocenters. The lowest BCUT2D eigenvalue weighted by Gasteiger charge is -2.35. The van der Waals surface area contributed by atoms with Crippen LogP contribution < -0.4 is 0 Å². The average molecular weight is 353 g/mol. The van der Waals surface area contributed by atoms with Gasteiger partial charge in [0.1, 0.15) is 4.90 Å². The Balaban J connectivity index is 1.87. The van der Waals surface area contributed by atoms with Crippen molar-refractivity contribution in [1.29, 1.82) is 0 Å². The van der Waals surface area contributed by atoms with Crippen LogP contribution in [0, 0.1) is 0 Å². The Morgan fingerprint density at radius 1 is 1.48 bits per heavy atom. The SMILES string of the molecule is CS(=O)(=O)c1cn[nH]c1[C@H]1CCCCN1C(=O)Cc1cccs1. The molecule has 8 heteroatoms. The maximum atomic E-state index is 12.7. The molecule has 0 saturated carbocycles. The van der Waals surface area contributed by atoms with E-state index in [2.05, 4.69) is 10.2 Å². The van der Waals surface area contributed by atoms with Gasteiger partial charge in [-0.05, 0) is 30.7 Å². The third-order valence-corrected chi connectivity index (χ3v) is 6.09. The number of carbonyl (C=O) groups excluding carboxylic acids is 1. The predicted molar refractivity (Wildman–Crippen MR) is 88.0 cm³/mol. The Morgan fingerprint density at radius 3 is 3.00 bits per heavy atom. The Morgan fingerprint density at radius 2 is 2.30 bits per heavy atom. The number of sulfone groups is 1. The fourth-order valence-electron chi connectivity index (χ4n) is 3.01. The minimum atomic E-state index is -3.37. The van der Waals surface area contributed by atoms with E-state index in [0.29, 0.717) is 18.7 Å². The van der Waals surface area contributed by atoms with Crippen LogP contribution in [0.15, 0.2) is 28.6 Å². The molecule has 1 fully saturated rings. The zero-order chi connectivity index (χ0) is 16.4. The quantitative estimate of drug-likeness (QED) is 0.913. The van der Waals surface area contributed by atoms with Gasteiger partial charge in [-0.1, -0.05) is 6.07 Å². The largest absolute Gasteiger partial charge is 0.334 e. The van der Waals surface area contributed by atoms with Crippen molar-refractivity contribution in [1.82, 2.24) is 15.1 Å². The first kappa shape index (κ1) is 16.2. The van der Waals surface area contributed by atoms with Crippen molar-refractivity contribution in [3.8, 4) is 0 Å². The van der Waals surface area contributed by atoms with Gasteiger partial charge in [0.05, 0.1) is 24.4 Å². The molecule has 0 aromatic carbocycles. The standard InChI is InChI=1S/C15H19N3O3S2/c1-23(20,21)13-10-16-17-15(13)12-6-2-3-7-18(12)14(19)9-11-5-4-8-22-11/h4-5,8,10,12H,2-3,6-7,9H2,1H3,(H,16,17)/t12-/m1/s1. The highest BCUT2D eigenvalue weighted by atomic mass is 32.2. The second-order valence-corrected chi connectivity index (χ2v) is 8.79. The minimum Gasteiger partial charge on any atom is -0.334 e. The molecule has 3 heterocycles. The number of thiophene rings is 1. The fraction of sp³-hybridized carbons (Fsp3) is 0.467. The first-order chi connectivity index (χ1) is 11.0. The van der Waals surface area contributed by atoms with Crippen LogP contribution in [0.1, 0.15) is 35.9 Å². The highest BCUT2D eigenvalue weighted by Crippen LogP contribution is 2.33. The number of nitrogens with one attached hydrogen (secondary N) is 1. The maximum Gasteiger partial charge on any atom is 0.228 e. The summed E-state index contributed by atoms with van der Waals surface area (Å²) in [6.45, 7) is 0.650. The van der Waals surface area contributed by atoms with E-state index in [1.165, 1.54) is 12.5 Å². The van der Waals surface area contributed by atoms with E-state index in [1.807, 2.05) is 17.5 Å². The third-order valence-electron chi connectivity index (χ3n) is 4.09. The Labute approximate surface area is 139 Å². The molecule has 1 atom stereocenters. The van der Waals surface area contributed by atoms with Crippen LogP contribution in [0.4, 0.5) is 0 Å². The molecule has 1 aliphatic rings. The molecule has 0 spiro atoms. The monoisotopic (exact) mass is 353 g/mol. The number of hydrogen-bond donors (Lipinski definition) is 1. The number of aromatic amines is 1. The summed E-state index contributed by atoms with van der Waals surface area (Å²) in [6.07, 6.45) is 5.52. The van der Waals surface area contributed by atoms with Gasteiger partial charge in [0.25, 0.3) is 0 Å². The van der Waals surface area contributed by atoms with Gasteiger partial charge in [0, 0.05) is 17.7 Å². The number of likely N-dealkylation sites (tertiary alicyclic amines) is 1. The van der Waals surface area contributed by atoms with Crippen molar-refractivity contribution in [3.63, 3.8) is 0 Å². The summed E-state index contributed by atoms with van der Waals surface area (Å²) in [6, 6.07) is 3.63. The van der Waals surface area contributed by atoms with Crippen LogP contribution in [0.3, 0.4) is 0 Å². The van der Waals surface area contributed by atoms with E-state index in [1.54, 1.807) is 16.2 Å². The van der Waals surface area contributed by atoms with Crippen LogP contribution in [0.2, 0.25) is 0 Å². The summed E-state index contributed by atoms with van der Waals surface area (Å²) in [7, 11) is -3.37. The molecule has 1 aliphatic heterocycles. The van der Waals surface area contributed by atoms with E-state index in [0.717, 1.165) is 24.1 Å². The molecule has 23 heavy (non-hydrogen) atoms. The van der Waals surface area contributed by atoms with Gasteiger partial charge in [0.15, 0.2) is 9.84 Å². The number of piperidine rings is 1. The zero-order valence-corrected chi connectivity index (χ0v) is 14.5. The number of amides is 1. The van der Waals surface area contributed by atoms with Crippen LogP contribution >= 0.6 is 11.3 Å². The summed E-state index contributed by atoms with van der Waals surface area (Å²) in [5.74, 6) is 0.0335. The first-order valence-corrected chi connectivity index (χ1v) is 10.3. The number of rotatable bonds is 4. The smallest absolute Gasteiger partial charge is 0.228 e. The molecule has 124 valence electrons. The highest BCUT2D eigenvalue weighted by molar-refractivity contribution is 7.90.